The molecule has 2 aliphatic rings. The zero-order valence-electron chi connectivity index (χ0n) is 23.8. The topological polar surface area (TPSA) is 75.6 Å². The quantitative estimate of drug-likeness (QED) is 0.375. The molecule has 39 heavy (non-hydrogen) atoms. The Hall–Kier alpha value is -3.39. The zero-order chi connectivity index (χ0) is 27.2. The van der Waals surface area contributed by atoms with Crippen molar-refractivity contribution in [1.82, 2.24) is 15.0 Å². The highest BCUT2D eigenvalue weighted by Gasteiger charge is 2.24. The fourth-order valence-electron chi connectivity index (χ4n) is 5.47. The molecule has 0 unspecified atom stereocenters. The van der Waals surface area contributed by atoms with E-state index in [-0.39, 0.29) is 0 Å². The number of rotatable bonds is 9. The highest BCUT2D eigenvalue weighted by Crippen LogP contribution is 2.34. The maximum absolute atomic E-state index is 5.95. The van der Waals surface area contributed by atoms with E-state index in [9.17, 15) is 0 Å². The van der Waals surface area contributed by atoms with Gasteiger partial charge >= 0.3 is 0 Å². The van der Waals surface area contributed by atoms with Crippen LogP contribution < -0.4 is 19.9 Å². The lowest BCUT2D eigenvalue weighted by Gasteiger charge is -2.33. The van der Waals surface area contributed by atoms with Crippen LogP contribution in [0.15, 0.2) is 42.7 Å². The number of piperidine rings is 1. The largest absolute Gasteiger partial charge is 0.494 e. The predicted molar refractivity (Wildman–Crippen MR) is 158 cm³/mol. The van der Waals surface area contributed by atoms with Crippen LogP contribution in [0.5, 0.6) is 5.75 Å². The molecule has 0 amide bonds. The number of nitrogens with zero attached hydrogens (tertiary/aromatic N) is 5. The van der Waals surface area contributed by atoms with Crippen molar-refractivity contribution in [1.29, 1.82) is 0 Å². The summed E-state index contributed by atoms with van der Waals surface area (Å²) in [4.78, 5) is 18.9. The molecule has 2 aromatic heterocycles. The van der Waals surface area contributed by atoms with Crippen molar-refractivity contribution in [2.75, 3.05) is 61.1 Å². The molecular formula is C31H42N6O2. The molecule has 1 N–H and O–H groups in total. The molecule has 8 nitrogen and oxygen atoms in total. The molecule has 2 fully saturated rings. The van der Waals surface area contributed by atoms with Crippen LogP contribution in [0.25, 0.3) is 0 Å². The van der Waals surface area contributed by atoms with Crippen LogP contribution in [-0.2, 0) is 11.2 Å². The molecule has 208 valence electrons. The normalized spacial score (nSPS) is 16.5. The van der Waals surface area contributed by atoms with Gasteiger partial charge in [0, 0.05) is 50.3 Å². The van der Waals surface area contributed by atoms with Gasteiger partial charge < -0.3 is 24.6 Å². The van der Waals surface area contributed by atoms with Crippen LogP contribution in [-0.4, -0.2) is 61.0 Å². The highest BCUT2D eigenvalue weighted by molar-refractivity contribution is 5.67. The van der Waals surface area contributed by atoms with Gasteiger partial charge in [-0.1, -0.05) is 13.8 Å². The number of nitrogens with one attached hydrogen (secondary N) is 1. The Morgan fingerprint density at radius 1 is 1.00 bits per heavy atom. The van der Waals surface area contributed by atoms with Crippen molar-refractivity contribution in [3.8, 4) is 5.75 Å². The average molecular weight is 531 g/mol. The van der Waals surface area contributed by atoms with Gasteiger partial charge in [-0.25, -0.2) is 0 Å². The third kappa shape index (κ3) is 6.79. The second-order valence-corrected chi connectivity index (χ2v) is 10.9. The van der Waals surface area contributed by atoms with Crippen LogP contribution in [0.1, 0.15) is 56.2 Å². The van der Waals surface area contributed by atoms with Crippen LogP contribution in [0.3, 0.4) is 0 Å². The van der Waals surface area contributed by atoms with Gasteiger partial charge in [0.05, 0.1) is 19.8 Å². The third-order valence-corrected chi connectivity index (χ3v) is 7.75. The Kier molecular flexibility index (Phi) is 8.81. The number of pyridine rings is 1. The Balaban J connectivity index is 1.38. The molecule has 0 bridgehead atoms. The molecule has 0 spiro atoms. The number of anilines is 4. The summed E-state index contributed by atoms with van der Waals surface area (Å²) in [7, 11) is 0. The second-order valence-electron chi connectivity index (χ2n) is 10.9. The van der Waals surface area contributed by atoms with Gasteiger partial charge in [0.2, 0.25) is 5.95 Å². The summed E-state index contributed by atoms with van der Waals surface area (Å²) >= 11 is 0. The number of ether oxygens (including phenoxy) is 2. The first-order valence-corrected chi connectivity index (χ1v) is 14.4. The van der Waals surface area contributed by atoms with Gasteiger partial charge in [0.1, 0.15) is 17.4 Å². The SMILES string of the molecule is CCOc1cc(C)c(Nc2cc(N3CCOCC3)nc(N3CCC(Cc4ccncc4)CC3)n2)cc1C(C)C. The molecule has 4 heterocycles. The predicted octanol–water partition coefficient (Wildman–Crippen LogP) is 5.74. The van der Waals surface area contributed by atoms with E-state index in [1.54, 1.807) is 0 Å². The average Bonchev–Trinajstić information content (AvgIpc) is 2.96. The maximum atomic E-state index is 5.95. The summed E-state index contributed by atoms with van der Waals surface area (Å²) in [6, 6.07) is 10.7. The minimum atomic E-state index is 0.353. The zero-order valence-corrected chi connectivity index (χ0v) is 23.8. The minimum absolute atomic E-state index is 0.353. The van der Waals surface area contributed by atoms with Crippen molar-refractivity contribution >= 4 is 23.3 Å². The maximum Gasteiger partial charge on any atom is 0.229 e. The Bertz CT molecular complexity index is 1220. The van der Waals surface area contributed by atoms with Crippen molar-refractivity contribution < 1.29 is 9.47 Å². The first kappa shape index (κ1) is 27.2. The standard InChI is InChI=1S/C31H42N6O2/c1-5-39-28-18-23(4)27(20-26(28)22(2)3)33-29-21-30(36-14-16-38-17-15-36)35-31(34-29)37-12-8-25(9-13-37)19-24-6-10-32-11-7-24/h6-7,10-11,18,20-22,25H,5,8-9,12-17,19H2,1-4H3,(H,33,34,35). The van der Waals surface area contributed by atoms with Crippen molar-refractivity contribution in [3.05, 3.63) is 59.4 Å². The number of aryl methyl sites for hydroxylation is 1. The monoisotopic (exact) mass is 530 g/mol. The van der Waals surface area contributed by atoms with Crippen molar-refractivity contribution in [2.24, 2.45) is 5.92 Å². The van der Waals surface area contributed by atoms with Gasteiger partial charge in [0.15, 0.2) is 0 Å². The first-order valence-electron chi connectivity index (χ1n) is 14.4. The van der Waals surface area contributed by atoms with Crippen LogP contribution in [0.2, 0.25) is 0 Å². The number of hydrogen-bond donors (Lipinski definition) is 1. The molecular weight excluding hydrogens is 488 g/mol. The number of benzene rings is 1. The summed E-state index contributed by atoms with van der Waals surface area (Å²) in [5.41, 5.74) is 4.75. The van der Waals surface area contributed by atoms with E-state index in [1.807, 2.05) is 19.3 Å². The molecule has 0 atom stereocenters. The van der Waals surface area contributed by atoms with Gasteiger partial charge in [-0.15, -0.1) is 0 Å². The molecule has 0 saturated carbocycles. The van der Waals surface area contributed by atoms with E-state index in [1.165, 1.54) is 11.1 Å². The Morgan fingerprint density at radius 3 is 2.44 bits per heavy atom. The smallest absolute Gasteiger partial charge is 0.229 e. The summed E-state index contributed by atoms with van der Waals surface area (Å²) in [5.74, 6) is 4.56. The second kappa shape index (κ2) is 12.6. The molecule has 0 aliphatic carbocycles. The van der Waals surface area contributed by atoms with E-state index in [0.29, 0.717) is 18.4 Å². The molecule has 1 aromatic carbocycles. The lowest BCUT2D eigenvalue weighted by molar-refractivity contribution is 0.122. The van der Waals surface area contributed by atoms with Crippen molar-refractivity contribution in [3.63, 3.8) is 0 Å². The van der Waals surface area contributed by atoms with E-state index in [0.717, 1.165) is 93.2 Å². The van der Waals surface area contributed by atoms with Gasteiger partial charge in [-0.05, 0) is 85.9 Å². The fourth-order valence-corrected chi connectivity index (χ4v) is 5.47. The Labute approximate surface area is 232 Å². The number of aromatic nitrogens is 3. The van der Waals surface area contributed by atoms with E-state index in [2.05, 4.69) is 71.2 Å². The molecule has 3 aromatic rings. The first-order chi connectivity index (χ1) is 19.0. The van der Waals surface area contributed by atoms with Gasteiger partial charge in [-0.3, -0.25) is 4.98 Å². The minimum Gasteiger partial charge on any atom is -0.494 e. The van der Waals surface area contributed by atoms with E-state index >= 15 is 0 Å². The molecule has 2 saturated heterocycles. The lowest BCUT2D eigenvalue weighted by atomic mass is 9.90. The molecule has 2 aliphatic heterocycles. The number of morpholine rings is 1. The highest BCUT2D eigenvalue weighted by atomic mass is 16.5. The van der Waals surface area contributed by atoms with Crippen LogP contribution in [0, 0.1) is 12.8 Å². The Morgan fingerprint density at radius 2 is 1.74 bits per heavy atom. The summed E-state index contributed by atoms with van der Waals surface area (Å²) in [6.45, 7) is 14.2. The van der Waals surface area contributed by atoms with Gasteiger partial charge in [-0.2, -0.15) is 9.97 Å². The lowest BCUT2D eigenvalue weighted by Crippen LogP contribution is -2.38. The molecule has 0 radical (unpaired) electrons. The summed E-state index contributed by atoms with van der Waals surface area (Å²) < 4.78 is 11.6. The van der Waals surface area contributed by atoms with E-state index < -0.39 is 0 Å². The summed E-state index contributed by atoms with van der Waals surface area (Å²) in [5, 5.41) is 3.64. The number of hydrogen-bond acceptors (Lipinski definition) is 8. The van der Waals surface area contributed by atoms with E-state index in [4.69, 9.17) is 19.4 Å². The fraction of sp³-hybridized carbons (Fsp3) is 0.516. The van der Waals surface area contributed by atoms with Crippen LogP contribution >= 0.6 is 0 Å². The summed E-state index contributed by atoms with van der Waals surface area (Å²) in [6.07, 6.45) is 7.14. The van der Waals surface area contributed by atoms with Crippen molar-refractivity contribution in [2.45, 2.75) is 52.9 Å². The van der Waals surface area contributed by atoms with Crippen LogP contribution in [0.4, 0.5) is 23.3 Å². The molecule has 5 rings (SSSR count). The van der Waals surface area contributed by atoms with Gasteiger partial charge in [0.25, 0.3) is 0 Å². The molecule has 8 heteroatoms. The third-order valence-electron chi connectivity index (χ3n) is 7.75.